The van der Waals surface area contributed by atoms with Gasteiger partial charge in [-0.25, -0.2) is 4.98 Å². The topological polar surface area (TPSA) is 69.2 Å². The van der Waals surface area contributed by atoms with E-state index in [1.807, 2.05) is 13.1 Å². The number of guanidine groups is 1. The van der Waals surface area contributed by atoms with Gasteiger partial charge in [0.25, 0.3) is 0 Å². The van der Waals surface area contributed by atoms with Crippen LogP contribution in [-0.4, -0.2) is 46.2 Å². The molecular weight excluding hydrogens is 451 g/mol. The predicted molar refractivity (Wildman–Crippen MR) is 119 cm³/mol. The van der Waals surface area contributed by atoms with Gasteiger partial charge < -0.3 is 10.2 Å². The molecule has 1 aliphatic heterocycles. The Bertz CT molecular complexity index is 752. The number of hydrogen-bond acceptors (Lipinski definition) is 3. The van der Waals surface area contributed by atoms with Gasteiger partial charge in [0.15, 0.2) is 11.8 Å². The molecule has 0 atom stereocenters. The third kappa shape index (κ3) is 4.62. The zero-order valence-electron chi connectivity index (χ0n) is 15.9. The molecule has 2 heterocycles. The molecule has 2 fully saturated rings. The second-order valence-corrected chi connectivity index (χ2v) is 7.67. The number of aromatic amines is 1. The highest BCUT2D eigenvalue weighted by atomic mass is 127. The molecule has 1 saturated heterocycles. The number of H-pyrrole nitrogens is 1. The highest BCUT2D eigenvalue weighted by molar-refractivity contribution is 14.0. The molecule has 0 radical (unpaired) electrons. The highest BCUT2D eigenvalue weighted by Gasteiger charge is 2.39. The minimum Gasteiger partial charge on any atom is -0.352 e. The van der Waals surface area contributed by atoms with Crippen LogP contribution in [0, 0.1) is 5.41 Å². The molecule has 0 amide bonds. The van der Waals surface area contributed by atoms with Crippen molar-refractivity contribution in [2.24, 2.45) is 10.4 Å². The van der Waals surface area contributed by atoms with Gasteiger partial charge in [-0.1, -0.05) is 37.5 Å². The fraction of sp³-hybridized carbons (Fsp3) is 0.550. The second kappa shape index (κ2) is 9.03. The lowest BCUT2D eigenvalue weighted by molar-refractivity contribution is 0.203. The molecule has 2 aromatic rings. The van der Waals surface area contributed by atoms with Crippen LogP contribution in [0.3, 0.4) is 0 Å². The Balaban J connectivity index is 0.00000210. The number of nitrogens with zero attached hydrogens (tertiary/aromatic N) is 4. The van der Waals surface area contributed by atoms with Crippen LogP contribution in [0.1, 0.15) is 44.1 Å². The molecule has 1 spiro atoms. The highest BCUT2D eigenvalue weighted by Crippen LogP contribution is 2.43. The number of likely N-dealkylation sites (tertiary alicyclic amines) is 1. The normalized spacial score (nSPS) is 19.1. The Hall–Kier alpha value is -1.64. The summed E-state index contributed by atoms with van der Waals surface area (Å²) >= 11 is 0. The van der Waals surface area contributed by atoms with Crippen molar-refractivity contribution in [1.29, 1.82) is 0 Å². The van der Waals surface area contributed by atoms with Gasteiger partial charge in [-0.15, -0.1) is 24.0 Å². The van der Waals surface area contributed by atoms with Crippen molar-refractivity contribution in [1.82, 2.24) is 25.4 Å². The monoisotopic (exact) mass is 480 g/mol. The molecular formula is C20H29IN6. The first-order valence-corrected chi connectivity index (χ1v) is 9.68. The van der Waals surface area contributed by atoms with E-state index in [9.17, 15) is 0 Å². The zero-order valence-corrected chi connectivity index (χ0v) is 18.3. The van der Waals surface area contributed by atoms with E-state index in [1.165, 1.54) is 50.4 Å². The van der Waals surface area contributed by atoms with E-state index in [0.717, 1.165) is 37.0 Å². The minimum absolute atomic E-state index is 0. The summed E-state index contributed by atoms with van der Waals surface area (Å²) in [5.41, 5.74) is 2.81. The summed E-state index contributed by atoms with van der Waals surface area (Å²) in [6.45, 7) is 3.04. The maximum absolute atomic E-state index is 4.54. The van der Waals surface area contributed by atoms with E-state index in [0.29, 0.717) is 5.41 Å². The Morgan fingerprint density at radius 2 is 2.11 bits per heavy atom. The number of benzene rings is 1. The lowest BCUT2D eigenvalue weighted by Gasteiger charge is -2.33. The number of nitrogens with one attached hydrogen (secondary N) is 2. The molecule has 146 valence electrons. The van der Waals surface area contributed by atoms with Gasteiger partial charge in [0, 0.05) is 32.2 Å². The standard InChI is InChI=1S/C20H28N6.HI/c1-21-19(26-11-10-20(14-26)8-3-2-4-9-20)22-13-16-6-5-7-17(12-16)18-23-15-24-25-18;/h5-7,12,15H,2-4,8-11,13-14H2,1H3,(H,21,22)(H,23,24,25);1H. The van der Waals surface area contributed by atoms with E-state index >= 15 is 0 Å². The first-order chi connectivity index (χ1) is 12.8. The number of rotatable bonds is 3. The molecule has 7 heteroatoms. The van der Waals surface area contributed by atoms with Gasteiger partial charge in [0.1, 0.15) is 6.33 Å². The van der Waals surface area contributed by atoms with Gasteiger partial charge in [-0.05, 0) is 36.3 Å². The molecule has 0 unspecified atom stereocenters. The molecule has 2 aliphatic rings. The predicted octanol–water partition coefficient (Wildman–Crippen LogP) is 3.82. The lowest BCUT2D eigenvalue weighted by Crippen LogP contribution is -2.41. The fourth-order valence-corrected chi connectivity index (χ4v) is 4.51. The van der Waals surface area contributed by atoms with E-state index in [1.54, 1.807) is 0 Å². The van der Waals surface area contributed by atoms with Gasteiger partial charge in [0.2, 0.25) is 0 Å². The van der Waals surface area contributed by atoms with Crippen LogP contribution < -0.4 is 5.32 Å². The van der Waals surface area contributed by atoms with Crippen LogP contribution in [0.25, 0.3) is 11.4 Å². The summed E-state index contributed by atoms with van der Waals surface area (Å²) in [5.74, 6) is 1.83. The smallest absolute Gasteiger partial charge is 0.193 e. The SMILES string of the molecule is CN=C(NCc1cccc(-c2ncn[nH]2)c1)N1CCC2(CCCCC2)C1.I. The van der Waals surface area contributed by atoms with Gasteiger partial charge in [0.05, 0.1) is 0 Å². The molecule has 2 N–H and O–H groups in total. The van der Waals surface area contributed by atoms with Gasteiger partial charge >= 0.3 is 0 Å². The van der Waals surface area contributed by atoms with Crippen molar-refractivity contribution in [2.75, 3.05) is 20.1 Å². The van der Waals surface area contributed by atoms with Crippen LogP contribution in [0.5, 0.6) is 0 Å². The average Bonchev–Trinajstić information content (AvgIpc) is 3.34. The third-order valence-electron chi connectivity index (χ3n) is 5.93. The van der Waals surface area contributed by atoms with Crippen molar-refractivity contribution in [2.45, 2.75) is 45.1 Å². The fourth-order valence-electron chi connectivity index (χ4n) is 4.51. The molecule has 4 rings (SSSR count). The summed E-state index contributed by atoms with van der Waals surface area (Å²) in [7, 11) is 1.89. The number of aliphatic imine (C=N–C) groups is 1. The average molecular weight is 480 g/mol. The van der Waals surface area contributed by atoms with Crippen LogP contribution in [0.2, 0.25) is 0 Å². The molecule has 1 aromatic heterocycles. The second-order valence-electron chi connectivity index (χ2n) is 7.67. The quantitative estimate of drug-likeness (QED) is 0.398. The first-order valence-electron chi connectivity index (χ1n) is 9.68. The van der Waals surface area contributed by atoms with Crippen molar-refractivity contribution in [3.05, 3.63) is 36.2 Å². The minimum atomic E-state index is 0. The van der Waals surface area contributed by atoms with Crippen LogP contribution >= 0.6 is 24.0 Å². The van der Waals surface area contributed by atoms with Gasteiger partial charge in [-0.3, -0.25) is 10.1 Å². The molecule has 6 nitrogen and oxygen atoms in total. The van der Waals surface area contributed by atoms with Crippen LogP contribution in [-0.2, 0) is 6.54 Å². The molecule has 1 aromatic carbocycles. The van der Waals surface area contributed by atoms with Crippen molar-refractivity contribution >= 4 is 29.9 Å². The van der Waals surface area contributed by atoms with E-state index in [4.69, 9.17) is 0 Å². The molecule has 1 aliphatic carbocycles. The van der Waals surface area contributed by atoms with E-state index in [-0.39, 0.29) is 24.0 Å². The van der Waals surface area contributed by atoms with E-state index < -0.39 is 0 Å². The zero-order chi connectivity index (χ0) is 17.8. The van der Waals surface area contributed by atoms with Crippen LogP contribution in [0.15, 0.2) is 35.6 Å². The molecule has 0 bridgehead atoms. The Labute approximate surface area is 178 Å². The van der Waals surface area contributed by atoms with Gasteiger partial charge in [-0.2, -0.15) is 5.10 Å². The van der Waals surface area contributed by atoms with Crippen molar-refractivity contribution in [3.8, 4) is 11.4 Å². The summed E-state index contributed by atoms with van der Waals surface area (Å²) in [6.07, 6.45) is 9.84. The number of aromatic nitrogens is 3. The summed E-state index contributed by atoms with van der Waals surface area (Å²) < 4.78 is 0. The number of hydrogen-bond donors (Lipinski definition) is 2. The maximum atomic E-state index is 4.54. The first kappa shape index (κ1) is 20.1. The molecule has 27 heavy (non-hydrogen) atoms. The molecule has 1 saturated carbocycles. The van der Waals surface area contributed by atoms with Crippen LogP contribution in [0.4, 0.5) is 0 Å². The summed E-state index contributed by atoms with van der Waals surface area (Å²) in [4.78, 5) is 11.2. The van der Waals surface area contributed by atoms with Crippen molar-refractivity contribution in [3.63, 3.8) is 0 Å². The summed E-state index contributed by atoms with van der Waals surface area (Å²) in [6, 6.07) is 8.39. The lowest BCUT2D eigenvalue weighted by atomic mass is 9.73. The largest absolute Gasteiger partial charge is 0.352 e. The Morgan fingerprint density at radius 1 is 1.26 bits per heavy atom. The third-order valence-corrected chi connectivity index (χ3v) is 5.93. The van der Waals surface area contributed by atoms with E-state index in [2.05, 4.69) is 48.6 Å². The Kier molecular flexibility index (Phi) is 6.73. The number of halogens is 1. The Morgan fingerprint density at radius 3 is 2.85 bits per heavy atom. The maximum Gasteiger partial charge on any atom is 0.193 e. The van der Waals surface area contributed by atoms with Crippen molar-refractivity contribution < 1.29 is 0 Å². The summed E-state index contributed by atoms with van der Waals surface area (Å²) in [5, 5.41) is 10.4.